The quantitative estimate of drug-likeness (QED) is 0.856. The summed E-state index contributed by atoms with van der Waals surface area (Å²) in [6, 6.07) is 3.58. The van der Waals surface area contributed by atoms with Gasteiger partial charge >= 0.3 is 16.2 Å². The molecule has 0 aromatic carbocycles. The minimum absolute atomic E-state index is 0.0845. The van der Waals surface area contributed by atoms with Crippen molar-refractivity contribution in [3.63, 3.8) is 0 Å². The second-order valence-corrected chi connectivity index (χ2v) is 5.68. The number of rotatable bonds is 4. The molecule has 19 heavy (non-hydrogen) atoms. The molecule has 0 unspecified atom stereocenters. The number of nitrogens with zero attached hydrogens (tertiary/aromatic N) is 3. The third-order valence-corrected chi connectivity index (χ3v) is 4.18. The molecule has 8 nitrogen and oxygen atoms in total. The third-order valence-electron chi connectivity index (χ3n) is 1.91. The summed E-state index contributed by atoms with van der Waals surface area (Å²) < 4.78 is 26.6. The molecule has 0 bridgehead atoms. The number of hydrogen-bond acceptors (Lipinski definition) is 6. The minimum atomic E-state index is -4.20. The smallest absolute Gasteiger partial charge is 0.335 e. The fourth-order valence-corrected chi connectivity index (χ4v) is 3.29. The number of aromatic nitrogens is 2. The summed E-state index contributed by atoms with van der Waals surface area (Å²) in [6.45, 7) is 0. The van der Waals surface area contributed by atoms with E-state index in [1.54, 1.807) is 28.3 Å². The zero-order valence-electron chi connectivity index (χ0n) is 9.42. The highest BCUT2D eigenvalue weighted by atomic mass is 32.2. The first-order chi connectivity index (χ1) is 9.00. The standard InChI is InChI=1S/C9H9N5O3S2/c10-8(15)13-19(16,17)14(7-3-1-6-18-7)9-11-4-2-5-12-9/h1-6H,(H3,10,13,15). The summed E-state index contributed by atoms with van der Waals surface area (Å²) in [6.07, 6.45) is 2.78. The Bertz CT molecular complexity index is 656. The average Bonchev–Trinajstić information content (AvgIpc) is 2.82. The molecule has 0 saturated carbocycles. The fraction of sp³-hybridized carbons (Fsp3) is 0. The number of thiophene rings is 1. The van der Waals surface area contributed by atoms with Crippen LogP contribution in [0.3, 0.4) is 0 Å². The number of amides is 2. The van der Waals surface area contributed by atoms with Crippen molar-refractivity contribution in [3.8, 4) is 0 Å². The normalized spacial score (nSPS) is 10.9. The summed E-state index contributed by atoms with van der Waals surface area (Å²) in [5.41, 5.74) is 4.85. The lowest BCUT2D eigenvalue weighted by Gasteiger charge is -2.19. The van der Waals surface area contributed by atoms with Gasteiger partial charge in [-0.2, -0.15) is 12.7 Å². The van der Waals surface area contributed by atoms with Crippen LogP contribution >= 0.6 is 11.3 Å². The lowest BCUT2D eigenvalue weighted by atomic mass is 10.6. The van der Waals surface area contributed by atoms with Gasteiger partial charge in [0.15, 0.2) is 0 Å². The van der Waals surface area contributed by atoms with Gasteiger partial charge in [0.25, 0.3) is 0 Å². The Labute approximate surface area is 113 Å². The van der Waals surface area contributed by atoms with Crippen molar-refractivity contribution < 1.29 is 13.2 Å². The Morgan fingerprint density at radius 1 is 1.32 bits per heavy atom. The Morgan fingerprint density at radius 3 is 2.53 bits per heavy atom. The molecule has 2 amide bonds. The predicted octanol–water partition coefficient (Wildman–Crippen LogP) is 0.589. The molecule has 0 radical (unpaired) electrons. The first-order valence-electron chi connectivity index (χ1n) is 4.94. The zero-order valence-corrected chi connectivity index (χ0v) is 11.1. The lowest BCUT2D eigenvalue weighted by Crippen LogP contribution is -2.44. The van der Waals surface area contributed by atoms with Crippen LogP contribution in [0, 0.1) is 0 Å². The van der Waals surface area contributed by atoms with Crippen LogP contribution in [0.15, 0.2) is 36.0 Å². The van der Waals surface area contributed by atoms with Gasteiger partial charge in [0.1, 0.15) is 5.00 Å². The van der Waals surface area contributed by atoms with Gasteiger partial charge < -0.3 is 5.73 Å². The SMILES string of the molecule is NC(=O)NS(=O)(=O)N(c1ncccn1)c1cccs1. The maximum absolute atomic E-state index is 12.1. The summed E-state index contributed by atoms with van der Waals surface area (Å²) in [5.74, 6) is -0.0845. The predicted molar refractivity (Wildman–Crippen MR) is 70.1 cm³/mol. The van der Waals surface area contributed by atoms with Crippen LogP contribution in [0.2, 0.25) is 0 Å². The van der Waals surface area contributed by atoms with Crippen molar-refractivity contribution in [1.29, 1.82) is 0 Å². The minimum Gasteiger partial charge on any atom is -0.351 e. The highest BCUT2D eigenvalue weighted by Crippen LogP contribution is 2.29. The van der Waals surface area contributed by atoms with E-state index in [9.17, 15) is 13.2 Å². The molecule has 100 valence electrons. The third kappa shape index (κ3) is 2.98. The number of anilines is 2. The molecule has 2 aromatic heterocycles. The van der Waals surface area contributed by atoms with E-state index in [0.717, 1.165) is 15.6 Å². The van der Waals surface area contributed by atoms with E-state index in [-0.39, 0.29) is 5.95 Å². The van der Waals surface area contributed by atoms with E-state index in [1.165, 1.54) is 12.4 Å². The van der Waals surface area contributed by atoms with Gasteiger partial charge in [0.05, 0.1) is 0 Å². The molecule has 0 atom stereocenters. The van der Waals surface area contributed by atoms with Crippen LogP contribution in [-0.2, 0) is 10.2 Å². The highest BCUT2D eigenvalue weighted by Gasteiger charge is 2.28. The number of nitrogens with two attached hydrogens (primary N) is 1. The first-order valence-corrected chi connectivity index (χ1v) is 7.26. The summed E-state index contributed by atoms with van der Waals surface area (Å²) >= 11 is 1.15. The molecule has 0 aliphatic rings. The van der Waals surface area contributed by atoms with Gasteiger partial charge in [0.2, 0.25) is 5.95 Å². The Balaban J connectivity index is 2.51. The van der Waals surface area contributed by atoms with Crippen LogP contribution < -0.4 is 14.8 Å². The Morgan fingerprint density at radius 2 is 2.00 bits per heavy atom. The van der Waals surface area contributed by atoms with Crippen molar-refractivity contribution in [1.82, 2.24) is 14.7 Å². The van der Waals surface area contributed by atoms with Gasteiger partial charge in [0, 0.05) is 12.4 Å². The Hall–Kier alpha value is -2.20. The number of nitrogens with one attached hydrogen (secondary N) is 1. The highest BCUT2D eigenvalue weighted by molar-refractivity contribution is 7.92. The maximum atomic E-state index is 12.1. The fourth-order valence-electron chi connectivity index (χ4n) is 1.28. The van der Waals surface area contributed by atoms with E-state index in [1.807, 2.05) is 0 Å². The van der Waals surface area contributed by atoms with Gasteiger partial charge in [-0.15, -0.1) is 11.3 Å². The molecule has 0 spiro atoms. The molecule has 2 aromatic rings. The van der Waals surface area contributed by atoms with E-state index in [2.05, 4.69) is 9.97 Å². The molecule has 10 heteroatoms. The average molecular weight is 299 g/mol. The Kier molecular flexibility index (Phi) is 3.62. The van der Waals surface area contributed by atoms with Crippen molar-refractivity contribution in [3.05, 3.63) is 36.0 Å². The van der Waals surface area contributed by atoms with Crippen LogP contribution in [0.1, 0.15) is 0 Å². The van der Waals surface area contributed by atoms with E-state index < -0.39 is 16.2 Å². The lowest BCUT2D eigenvalue weighted by molar-refractivity contribution is 0.253. The second kappa shape index (κ2) is 5.20. The van der Waals surface area contributed by atoms with Gasteiger partial charge in [-0.05, 0) is 23.6 Å². The molecule has 2 rings (SSSR count). The number of hydrogen-bond donors (Lipinski definition) is 2. The maximum Gasteiger partial charge on any atom is 0.335 e. The first kappa shape index (κ1) is 13.2. The number of primary amides is 1. The molecule has 0 saturated heterocycles. The molecule has 2 heterocycles. The second-order valence-electron chi connectivity index (χ2n) is 3.24. The largest absolute Gasteiger partial charge is 0.351 e. The van der Waals surface area contributed by atoms with E-state index in [0.29, 0.717) is 5.00 Å². The molecular formula is C9H9N5O3S2. The van der Waals surface area contributed by atoms with Crippen LogP contribution in [-0.4, -0.2) is 24.4 Å². The van der Waals surface area contributed by atoms with Crippen LogP contribution in [0.25, 0.3) is 0 Å². The molecule has 0 aliphatic carbocycles. The van der Waals surface area contributed by atoms with E-state index >= 15 is 0 Å². The summed E-state index contributed by atoms with van der Waals surface area (Å²) in [4.78, 5) is 18.5. The van der Waals surface area contributed by atoms with Gasteiger partial charge in [-0.1, -0.05) is 0 Å². The number of carbonyl (C=O) groups is 1. The molecular weight excluding hydrogens is 290 g/mol. The summed E-state index contributed by atoms with van der Waals surface area (Å²) in [5, 5.41) is 2.02. The van der Waals surface area contributed by atoms with Crippen LogP contribution in [0.4, 0.5) is 15.7 Å². The monoisotopic (exact) mass is 299 g/mol. The summed E-state index contributed by atoms with van der Waals surface area (Å²) in [7, 11) is -4.20. The number of urea groups is 1. The molecule has 0 fully saturated rings. The van der Waals surface area contributed by atoms with Gasteiger partial charge in [-0.25, -0.2) is 19.5 Å². The topological polar surface area (TPSA) is 118 Å². The zero-order chi connectivity index (χ0) is 13.9. The van der Waals surface area contributed by atoms with Crippen molar-refractivity contribution in [2.45, 2.75) is 0 Å². The molecule has 0 aliphatic heterocycles. The molecule has 3 N–H and O–H groups in total. The van der Waals surface area contributed by atoms with Crippen LogP contribution in [0.5, 0.6) is 0 Å². The van der Waals surface area contributed by atoms with Crippen molar-refractivity contribution >= 4 is 38.5 Å². The van der Waals surface area contributed by atoms with Crippen molar-refractivity contribution in [2.24, 2.45) is 5.73 Å². The number of carbonyl (C=O) groups excluding carboxylic acids is 1. The van der Waals surface area contributed by atoms with Crippen molar-refractivity contribution in [2.75, 3.05) is 4.31 Å². The van der Waals surface area contributed by atoms with E-state index in [4.69, 9.17) is 5.73 Å². The van der Waals surface area contributed by atoms with Gasteiger partial charge in [-0.3, -0.25) is 0 Å².